The van der Waals surface area contributed by atoms with Crippen molar-refractivity contribution in [2.45, 2.75) is 38.6 Å². The van der Waals surface area contributed by atoms with Crippen molar-refractivity contribution in [2.75, 3.05) is 26.3 Å². The van der Waals surface area contributed by atoms with Crippen LogP contribution in [0.25, 0.3) is 11.4 Å². The monoisotopic (exact) mass is 370 g/mol. The Balaban J connectivity index is 1.61. The Morgan fingerprint density at radius 1 is 1.26 bits per heavy atom. The van der Waals surface area contributed by atoms with Gasteiger partial charge in [-0.1, -0.05) is 35.5 Å². The average Bonchev–Trinajstić information content (AvgIpc) is 3.28. The summed E-state index contributed by atoms with van der Waals surface area (Å²) in [4.78, 5) is 19.2. The van der Waals surface area contributed by atoms with Crippen LogP contribution in [-0.4, -0.2) is 53.4 Å². The summed E-state index contributed by atoms with van der Waals surface area (Å²) >= 11 is 0. The first-order valence-corrected chi connectivity index (χ1v) is 9.60. The molecule has 2 fully saturated rings. The van der Waals surface area contributed by atoms with Gasteiger partial charge in [-0.05, 0) is 26.7 Å². The van der Waals surface area contributed by atoms with Gasteiger partial charge < -0.3 is 19.5 Å². The number of nitrogens with zero attached hydrogens (tertiary/aromatic N) is 3. The first-order valence-electron chi connectivity index (χ1n) is 9.60. The van der Waals surface area contributed by atoms with E-state index in [2.05, 4.69) is 15.5 Å². The largest absolute Gasteiger partial charge is 0.381 e. The Morgan fingerprint density at radius 2 is 2.00 bits per heavy atom. The van der Waals surface area contributed by atoms with Crippen molar-refractivity contribution >= 4 is 6.03 Å². The molecular weight excluding hydrogens is 344 g/mol. The average molecular weight is 370 g/mol. The van der Waals surface area contributed by atoms with Crippen LogP contribution in [0.5, 0.6) is 0 Å². The van der Waals surface area contributed by atoms with Gasteiger partial charge in [-0.25, -0.2) is 4.79 Å². The van der Waals surface area contributed by atoms with Crippen molar-refractivity contribution in [3.8, 4) is 11.4 Å². The fraction of sp³-hybridized carbons (Fsp3) is 0.550. The standard InChI is InChI=1S/C20H26N4O3/c1-14(2)21-19(25)24-12-16(20(13-24)8-10-26-11-9-20)18-22-17(23-27-18)15-6-4-3-5-7-15/h3-7,14,16H,8-13H2,1-2H3,(H,21,25)/t16-/m0/s1. The molecule has 2 amide bonds. The molecule has 3 heterocycles. The van der Waals surface area contributed by atoms with Crippen LogP contribution in [0.2, 0.25) is 0 Å². The summed E-state index contributed by atoms with van der Waals surface area (Å²) in [5.41, 5.74) is 0.869. The van der Waals surface area contributed by atoms with Crippen molar-refractivity contribution in [3.05, 3.63) is 36.2 Å². The van der Waals surface area contributed by atoms with Crippen molar-refractivity contribution in [3.63, 3.8) is 0 Å². The second-order valence-corrected chi connectivity index (χ2v) is 7.83. The molecule has 2 aromatic rings. The van der Waals surface area contributed by atoms with Gasteiger partial charge in [-0.3, -0.25) is 0 Å². The van der Waals surface area contributed by atoms with Gasteiger partial charge in [-0.2, -0.15) is 4.98 Å². The highest BCUT2D eigenvalue weighted by atomic mass is 16.5. The number of carbonyl (C=O) groups excluding carboxylic acids is 1. The fourth-order valence-corrected chi connectivity index (χ4v) is 4.17. The van der Waals surface area contributed by atoms with Gasteiger partial charge in [0.1, 0.15) is 0 Å². The molecule has 27 heavy (non-hydrogen) atoms. The summed E-state index contributed by atoms with van der Waals surface area (Å²) in [6, 6.07) is 9.89. The lowest BCUT2D eigenvalue weighted by molar-refractivity contribution is 0.00940. The lowest BCUT2D eigenvalue weighted by atomic mass is 9.72. The van der Waals surface area contributed by atoms with E-state index in [9.17, 15) is 4.79 Å². The lowest BCUT2D eigenvalue weighted by Crippen LogP contribution is -2.43. The fourth-order valence-electron chi connectivity index (χ4n) is 4.17. The SMILES string of the molecule is CC(C)NC(=O)N1C[C@@H](c2nc(-c3ccccc3)no2)C2(CCOCC2)C1. The van der Waals surface area contributed by atoms with Crippen molar-refractivity contribution in [1.82, 2.24) is 20.4 Å². The molecule has 4 rings (SSSR count). The van der Waals surface area contributed by atoms with Crippen LogP contribution < -0.4 is 5.32 Å². The van der Waals surface area contributed by atoms with E-state index in [0.717, 1.165) is 18.4 Å². The van der Waals surface area contributed by atoms with Crippen LogP contribution in [0.4, 0.5) is 4.79 Å². The van der Waals surface area contributed by atoms with Crippen molar-refractivity contribution < 1.29 is 14.1 Å². The molecule has 1 N–H and O–H groups in total. The van der Waals surface area contributed by atoms with Gasteiger partial charge in [0, 0.05) is 43.3 Å². The molecule has 1 aromatic carbocycles. The number of ether oxygens (including phenoxy) is 1. The Bertz CT molecular complexity index is 784. The first-order chi connectivity index (χ1) is 13.1. The molecule has 2 aliphatic rings. The number of hydrogen-bond acceptors (Lipinski definition) is 5. The van der Waals surface area contributed by atoms with Gasteiger partial charge >= 0.3 is 6.03 Å². The molecular formula is C20H26N4O3. The number of carbonyl (C=O) groups is 1. The molecule has 0 saturated carbocycles. The van der Waals surface area contributed by atoms with Crippen LogP contribution in [0.1, 0.15) is 38.5 Å². The Kier molecular flexibility index (Phi) is 4.86. The van der Waals surface area contributed by atoms with Gasteiger partial charge in [0.2, 0.25) is 11.7 Å². The maximum Gasteiger partial charge on any atom is 0.317 e. The Labute approximate surface area is 159 Å². The zero-order valence-electron chi connectivity index (χ0n) is 15.9. The van der Waals surface area contributed by atoms with E-state index in [1.54, 1.807) is 0 Å². The number of nitrogens with one attached hydrogen (secondary N) is 1. The van der Waals surface area contributed by atoms with E-state index in [-0.39, 0.29) is 23.4 Å². The summed E-state index contributed by atoms with van der Waals surface area (Å²) in [5.74, 6) is 1.25. The minimum Gasteiger partial charge on any atom is -0.381 e. The molecule has 1 aromatic heterocycles. The number of rotatable bonds is 3. The summed E-state index contributed by atoms with van der Waals surface area (Å²) < 4.78 is 11.3. The molecule has 1 spiro atoms. The lowest BCUT2D eigenvalue weighted by Gasteiger charge is -2.36. The summed E-state index contributed by atoms with van der Waals surface area (Å²) in [7, 11) is 0. The van der Waals surface area contributed by atoms with Crippen LogP contribution in [0, 0.1) is 5.41 Å². The molecule has 2 aliphatic heterocycles. The van der Waals surface area contributed by atoms with Crippen LogP contribution in [-0.2, 0) is 4.74 Å². The zero-order valence-corrected chi connectivity index (χ0v) is 15.9. The second kappa shape index (κ2) is 7.31. The maximum atomic E-state index is 12.6. The predicted octanol–water partition coefficient (Wildman–Crippen LogP) is 3.05. The Morgan fingerprint density at radius 3 is 2.70 bits per heavy atom. The van der Waals surface area contributed by atoms with Crippen LogP contribution >= 0.6 is 0 Å². The minimum atomic E-state index is -0.0624. The van der Waals surface area contributed by atoms with E-state index in [4.69, 9.17) is 9.26 Å². The van der Waals surface area contributed by atoms with E-state index in [0.29, 0.717) is 38.0 Å². The summed E-state index contributed by atoms with van der Waals surface area (Å²) in [6.07, 6.45) is 1.79. The van der Waals surface area contributed by atoms with E-state index in [1.807, 2.05) is 49.1 Å². The van der Waals surface area contributed by atoms with Crippen LogP contribution in [0.15, 0.2) is 34.9 Å². The quantitative estimate of drug-likeness (QED) is 0.898. The van der Waals surface area contributed by atoms with Crippen molar-refractivity contribution in [2.24, 2.45) is 5.41 Å². The Hall–Kier alpha value is -2.41. The molecule has 7 heteroatoms. The van der Waals surface area contributed by atoms with Crippen molar-refractivity contribution in [1.29, 1.82) is 0 Å². The molecule has 0 unspecified atom stereocenters. The first kappa shape index (κ1) is 18.0. The molecule has 0 aliphatic carbocycles. The molecule has 7 nitrogen and oxygen atoms in total. The predicted molar refractivity (Wildman–Crippen MR) is 100 cm³/mol. The van der Waals surface area contributed by atoms with Gasteiger partial charge in [-0.15, -0.1) is 0 Å². The van der Waals surface area contributed by atoms with E-state index >= 15 is 0 Å². The number of hydrogen-bond donors (Lipinski definition) is 1. The topological polar surface area (TPSA) is 80.5 Å². The summed E-state index contributed by atoms with van der Waals surface area (Å²) in [6.45, 7) is 6.64. The molecule has 1 atom stereocenters. The second-order valence-electron chi connectivity index (χ2n) is 7.83. The highest BCUT2D eigenvalue weighted by Gasteiger charge is 2.51. The third-order valence-corrected chi connectivity index (χ3v) is 5.61. The minimum absolute atomic E-state index is 0.0267. The van der Waals surface area contributed by atoms with Gasteiger partial charge in [0.05, 0.1) is 5.92 Å². The smallest absolute Gasteiger partial charge is 0.317 e. The van der Waals surface area contributed by atoms with E-state index in [1.165, 1.54) is 0 Å². The number of benzene rings is 1. The number of aromatic nitrogens is 2. The van der Waals surface area contributed by atoms with Crippen LogP contribution in [0.3, 0.4) is 0 Å². The normalized spacial score (nSPS) is 21.7. The highest BCUT2D eigenvalue weighted by molar-refractivity contribution is 5.75. The number of amides is 2. The van der Waals surface area contributed by atoms with E-state index < -0.39 is 0 Å². The highest BCUT2D eigenvalue weighted by Crippen LogP contribution is 2.49. The third kappa shape index (κ3) is 3.56. The molecule has 2 saturated heterocycles. The van der Waals surface area contributed by atoms with Gasteiger partial charge in [0.15, 0.2) is 0 Å². The van der Waals surface area contributed by atoms with Gasteiger partial charge in [0.25, 0.3) is 0 Å². The molecule has 144 valence electrons. The molecule has 0 radical (unpaired) electrons. The third-order valence-electron chi connectivity index (χ3n) is 5.61. The summed E-state index contributed by atoms with van der Waals surface area (Å²) in [5, 5.41) is 7.19. The zero-order chi connectivity index (χ0) is 18.9. The number of urea groups is 1. The molecule has 0 bridgehead atoms. The number of likely N-dealkylation sites (tertiary alicyclic amines) is 1. The maximum absolute atomic E-state index is 12.6.